The molecule has 4 rings (SSSR count). The minimum absolute atomic E-state index is 0.0296. The quantitative estimate of drug-likeness (QED) is 0.622. The summed E-state index contributed by atoms with van der Waals surface area (Å²) in [5.41, 5.74) is 2.59. The normalized spacial score (nSPS) is 15.8. The van der Waals surface area contributed by atoms with Gasteiger partial charge in [0, 0.05) is 45.0 Å². The Morgan fingerprint density at radius 1 is 1.27 bits per heavy atom. The zero-order valence-corrected chi connectivity index (χ0v) is 19.1. The number of methoxy groups -OCH3 is 1. The predicted octanol–water partition coefficient (Wildman–Crippen LogP) is 2.48. The van der Waals surface area contributed by atoms with Gasteiger partial charge < -0.3 is 15.0 Å². The van der Waals surface area contributed by atoms with Gasteiger partial charge in [-0.15, -0.1) is 0 Å². The molecule has 2 amide bonds. The second-order valence-electron chi connectivity index (χ2n) is 8.25. The number of hydrogen-bond donors (Lipinski definition) is 1. The molecule has 1 N–H and O–H groups in total. The van der Waals surface area contributed by atoms with Gasteiger partial charge in [-0.05, 0) is 37.5 Å². The summed E-state index contributed by atoms with van der Waals surface area (Å²) in [7, 11) is 3.40. The van der Waals surface area contributed by atoms with Crippen molar-refractivity contribution in [3.8, 4) is 5.75 Å². The molecule has 0 bridgehead atoms. The van der Waals surface area contributed by atoms with Gasteiger partial charge >= 0.3 is 0 Å². The lowest BCUT2D eigenvalue weighted by Crippen LogP contribution is -2.39. The van der Waals surface area contributed by atoms with Crippen LogP contribution in [-0.2, 0) is 13.6 Å². The molecular weight excluding hydrogens is 420 g/mol. The highest BCUT2D eigenvalue weighted by Gasteiger charge is 2.28. The van der Waals surface area contributed by atoms with E-state index in [0.717, 1.165) is 24.2 Å². The zero-order valence-electron chi connectivity index (χ0n) is 19.1. The zero-order chi connectivity index (χ0) is 23.4. The Bertz CT molecular complexity index is 1160. The summed E-state index contributed by atoms with van der Waals surface area (Å²) in [6, 6.07) is 7.56. The summed E-state index contributed by atoms with van der Waals surface area (Å²) in [5.74, 6) is 1.19. The van der Waals surface area contributed by atoms with Gasteiger partial charge in [-0.3, -0.25) is 14.3 Å². The second-order valence-corrected chi connectivity index (χ2v) is 8.25. The Labute approximate surface area is 192 Å². The van der Waals surface area contributed by atoms with Crippen LogP contribution in [0.3, 0.4) is 0 Å². The summed E-state index contributed by atoms with van der Waals surface area (Å²) in [6.07, 6.45) is 6.68. The number of aromatic nitrogens is 4. The average Bonchev–Trinajstić information content (AvgIpc) is 3.28. The average molecular weight is 449 g/mol. The van der Waals surface area contributed by atoms with Gasteiger partial charge in [0.2, 0.25) is 0 Å². The number of benzene rings is 1. The van der Waals surface area contributed by atoms with Crippen molar-refractivity contribution in [1.29, 1.82) is 0 Å². The molecule has 1 aliphatic heterocycles. The first-order chi connectivity index (χ1) is 15.9. The Kier molecular flexibility index (Phi) is 6.67. The maximum absolute atomic E-state index is 12.8. The molecule has 1 aromatic carbocycles. The third-order valence-electron chi connectivity index (χ3n) is 5.86. The Morgan fingerprint density at radius 2 is 2.12 bits per heavy atom. The number of amides is 2. The lowest BCUT2D eigenvalue weighted by molar-refractivity contribution is 0.0704. The second kappa shape index (κ2) is 9.81. The van der Waals surface area contributed by atoms with Crippen LogP contribution in [0.25, 0.3) is 0 Å². The van der Waals surface area contributed by atoms with Crippen LogP contribution in [0.1, 0.15) is 56.6 Å². The molecular formula is C24H28N6O3. The maximum Gasteiger partial charge on any atom is 0.257 e. The summed E-state index contributed by atoms with van der Waals surface area (Å²) in [5, 5.41) is 7.00. The van der Waals surface area contributed by atoms with Crippen LogP contribution in [0, 0.1) is 6.92 Å². The van der Waals surface area contributed by atoms with Crippen molar-refractivity contribution >= 4 is 11.8 Å². The smallest absolute Gasteiger partial charge is 0.257 e. The van der Waals surface area contributed by atoms with E-state index in [0.29, 0.717) is 42.3 Å². The molecule has 0 radical (unpaired) electrons. The number of likely N-dealkylation sites (tertiary alicyclic amines) is 1. The van der Waals surface area contributed by atoms with E-state index in [-0.39, 0.29) is 17.7 Å². The van der Waals surface area contributed by atoms with E-state index >= 15 is 0 Å². The van der Waals surface area contributed by atoms with Gasteiger partial charge in [0.15, 0.2) is 0 Å². The van der Waals surface area contributed by atoms with E-state index in [1.807, 2.05) is 36.1 Å². The minimum atomic E-state index is -0.223. The van der Waals surface area contributed by atoms with Crippen molar-refractivity contribution < 1.29 is 14.3 Å². The molecule has 172 valence electrons. The van der Waals surface area contributed by atoms with Gasteiger partial charge in [0.1, 0.15) is 11.6 Å². The molecule has 1 unspecified atom stereocenters. The fraction of sp³-hybridized carbons (Fsp3) is 0.375. The molecule has 33 heavy (non-hydrogen) atoms. The molecule has 3 aromatic rings. The summed E-state index contributed by atoms with van der Waals surface area (Å²) in [6.45, 7) is 3.45. The molecule has 1 atom stereocenters. The molecule has 9 heteroatoms. The molecule has 0 saturated carbocycles. The summed E-state index contributed by atoms with van der Waals surface area (Å²) >= 11 is 0. The first kappa shape index (κ1) is 22.4. The fourth-order valence-corrected chi connectivity index (χ4v) is 4.05. The minimum Gasteiger partial charge on any atom is -0.497 e. The largest absolute Gasteiger partial charge is 0.497 e. The van der Waals surface area contributed by atoms with Gasteiger partial charge in [-0.1, -0.05) is 12.1 Å². The van der Waals surface area contributed by atoms with Gasteiger partial charge in [0.25, 0.3) is 11.8 Å². The number of piperidine rings is 1. The number of rotatable bonds is 6. The van der Waals surface area contributed by atoms with Crippen LogP contribution in [0.15, 0.2) is 42.9 Å². The van der Waals surface area contributed by atoms with E-state index in [1.54, 1.807) is 37.4 Å². The molecule has 9 nitrogen and oxygen atoms in total. The van der Waals surface area contributed by atoms with Crippen LogP contribution in [0.2, 0.25) is 0 Å². The number of hydrogen-bond acceptors (Lipinski definition) is 6. The summed E-state index contributed by atoms with van der Waals surface area (Å²) in [4.78, 5) is 36.4. The molecule has 1 aliphatic rings. The molecule has 1 saturated heterocycles. The molecule has 2 aromatic heterocycles. The van der Waals surface area contributed by atoms with Crippen molar-refractivity contribution in [2.24, 2.45) is 7.05 Å². The fourth-order valence-electron chi connectivity index (χ4n) is 4.05. The van der Waals surface area contributed by atoms with Crippen LogP contribution in [-0.4, -0.2) is 56.7 Å². The van der Waals surface area contributed by atoms with E-state index in [9.17, 15) is 9.59 Å². The highest BCUT2D eigenvalue weighted by Crippen LogP contribution is 2.26. The van der Waals surface area contributed by atoms with E-state index < -0.39 is 0 Å². The number of nitrogens with one attached hydrogen (secondary N) is 1. The SMILES string of the molecule is COc1cccc(CNC(=O)c2cnc(C3CCCN(C(=O)c4cnn(C)c4)C3)nc2C)c1. The van der Waals surface area contributed by atoms with Gasteiger partial charge in [-0.25, -0.2) is 9.97 Å². The van der Waals surface area contributed by atoms with Crippen molar-refractivity contribution in [3.05, 3.63) is 71.1 Å². The third kappa shape index (κ3) is 5.19. The van der Waals surface area contributed by atoms with Crippen molar-refractivity contribution in [2.75, 3.05) is 20.2 Å². The molecule has 0 aliphatic carbocycles. The Morgan fingerprint density at radius 3 is 2.85 bits per heavy atom. The third-order valence-corrected chi connectivity index (χ3v) is 5.86. The molecule has 3 heterocycles. The number of aryl methyl sites for hydroxylation is 2. The first-order valence-electron chi connectivity index (χ1n) is 11.0. The van der Waals surface area contributed by atoms with Gasteiger partial charge in [0.05, 0.1) is 30.1 Å². The Hall–Kier alpha value is -3.75. The lowest BCUT2D eigenvalue weighted by Gasteiger charge is -2.32. The topological polar surface area (TPSA) is 102 Å². The van der Waals surface area contributed by atoms with Crippen molar-refractivity contribution in [3.63, 3.8) is 0 Å². The van der Waals surface area contributed by atoms with Crippen LogP contribution >= 0.6 is 0 Å². The number of carbonyl (C=O) groups is 2. The van der Waals surface area contributed by atoms with E-state index in [1.165, 1.54) is 0 Å². The highest BCUT2D eigenvalue weighted by molar-refractivity contribution is 5.95. The van der Waals surface area contributed by atoms with Crippen molar-refractivity contribution in [1.82, 2.24) is 30.0 Å². The Balaban J connectivity index is 1.41. The highest BCUT2D eigenvalue weighted by atomic mass is 16.5. The number of ether oxygens (including phenoxy) is 1. The van der Waals surface area contributed by atoms with Crippen LogP contribution in [0.5, 0.6) is 5.75 Å². The first-order valence-corrected chi connectivity index (χ1v) is 11.0. The van der Waals surface area contributed by atoms with Crippen LogP contribution in [0.4, 0.5) is 0 Å². The maximum atomic E-state index is 12.8. The standard InChI is InChI=1S/C24H28N6O3/c1-16-21(23(31)26-11-17-6-4-8-20(10-17)33-3)13-25-22(28-16)18-7-5-9-30(15-18)24(32)19-12-27-29(2)14-19/h4,6,8,10,12-14,18H,5,7,9,11,15H2,1-3H3,(H,26,31). The van der Waals surface area contributed by atoms with E-state index in [2.05, 4.69) is 20.4 Å². The number of nitrogens with zero attached hydrogens (tertiary/aromatic N) is 5. The molecule has 0 spiro atoms. The monoisotopic (exact) mass is 448 g/mol. The molecule has 1 fully saturated rings. The number of carbonyl (C=O) groups excluding carboxylic acids is 2. The van der Waals surface area contributed by atoms with E-state index in [4.69, 9.17) is 4.74 Å². The van der Waals surface area contributed by atoms with Crippen molar-refractivity contribution in [2.45, 2.75) is 32.2 Å². The van der Waals surface area contributed by atoms with Crippen LogP contribution < -0.4 is 10.1 Å². The predicted molar refractivity (Wildman–Crippen MR) is 122 cm³/mol. The lowest BCUT2D eigenvalue weighted by atomic mass is 9.96. The van der Waals surface area contributed by atoms with Gasteiger partial charge in [-0.2, -0.15) is 5.10 Å². The summed E-state index contributed by atoms with van der Waals surface area (Å²) < 4.78 is 6.85.